The molecule has 4 heteroatoms. The summed E-state index contributed by atoms with van der Waals surface area (Å²) in [5.41, 5.74) is 4.41. The van der Waals surface area contributed by atoms with Crippen molar-refractivity contribution in [1.82, 2.24) is 9.78 Å². The summed E-state index contributed by atoms with van der Waals surface area (Å²) >= 11 is 0. The van der Waals surface area contributed by atoms with Gasteiger partial charge in [0.1, 0.15) is 12.3 Å². The summed E-state index contributed by atoms with van der Waals surface area (Å²) in [5.74, 6) is 0.897. The van der Waals surface area contributed by atoms with Gasteiger partial charge < -0.3 is 10.1 Å². The van der Waals surface area contributed by atoms with Crippen LogP contribution in [-0.2, 0) is 7.05 Å². The predicted octanol–water partition coefficient (Wildman–Crippen LogP) is 2.84. The van der Waals surface area contributed by atoms with Crippen LogP contribution in [0.2, 0.25) is 0 Å². The number of rotatable bonds is 5. The van der Waals surface area contributed by atoms with Crippen molar-refractivity contribution in [3.8, 4) is 5.75 Å². The number of aromatic nitrogens is 2. The fourth-order valence-electron chi connectivity index (χ4n) is 2.07. The molecular weight excluding hydrogens is 238 g/mol. The quantitative estimate of drug-likeness (QED) is 0.839. The standard InChI is InChI=1S/C15H21N3O/c1-11-7-5-6-8-14(11)16-9-10-19-15-12(2)17-18(4)13(15)3/h5-8,16H,9-10H2,1-4H3. The first kappa shape index (κ1) is 13.5. The molecule has 0 unspecified atom stereocenters. The molecule has 19 heavy (non-hydrogen) atoms. The van der Waals surface area contributed by atoms with E-state index in [0.29, 0.717) is 6.61 Å². The first-order valence-electron chi connectivity index (χ1n) is 6.52. The third-order valence-electron chi connectivity index (χ3n) is 3.25. The number of nitrogens with one attached hydrogen (secondary N) is 1. The van der Waals surface area contributed by atoms with Crippen molar-refractivity contribution < 1.29 is 4.74 Å². The maximum Gasteiger partial charge on any atom is 0.163 e. The van der Waals surface area contributed by atoms with Gasteiger partial charge in [0.15, 0.2) is 5.75 Å². The fraction of sp³-hybridized carbons (Fsp3) is 0.400. The third kappa shape index (κ3) is 3.08. The molecule has 0 saturated heterocycles. The van der Waals surface area contributed by atoms with Crippen LogP contribution in [0.5, 0.6) is 5.75 Å². The van der Waals surface area contributed by atoms with Gasteiger partial charge >= 0.3 is 0 Å². The molecule has 0 aliphatic rings. The Morgan fingerprint density at radius 2 is 1.95 bits per heavy atom. The van der Waals surface area contributed by atoms with Gasteiger partial charge in [-0.25, -0.2) is 0 Å². The number of anilines is 1. The number of hydrogen-bond donors (Lipinski definition) is 1. The topological polar surface area (TPSA) is 39.1 Å². The van der Waals surface area contributed by atoms with Crippen molar-refractivity contribution in [3.05, 3.63) is 41.2 Å². The van der Waals surface area contributed by atoms with Gasteiger partial charge in [-0.1, -0.05) is 18.2 Å². The molecule has 0 atom stereocenters. The monoisotopic (exact) mass is 259 g/mol. The zero-order chi connectivity index (χ0) is 13.8. The van der Waals surface area contributed by atoms with Crippen LogP contribution >= 0.6 is 0 Å². The lowest BCUT2D eigenvalue weighted by atomic mass is 10.2. The van der Waals surface area contributed by atoms with Gasteiger partial charge in [0.05, 0.1) is 5.69 Å². The van der Waals surface area contributed by atoms with Gasteiger partial charge in [0.2, 0.25) is 0 Å². The van der Waals surface area contributed by atoms with Crippen molar-refractivity contribution in [3.63, 3.8) is 0 Å². The van der Waals surface area contributed by atoms with E-state index in [9.17, 15) is 0 Å². The largest absolute Gasteiger partial charge is 0.488 e. The summed E-state index contributed by atoms with van der Waals surface area (Å²) in [5, 5.41) is 7.71. The van der Waals surface area contributed by atoms with Crippen LogP contribution in [-0.4, -0.2) is 22.9 Å². The molecule has 2 aromatic rings. The summed E-state index contributed by atoms with van der Waals surface area (Å²) < 4.78 is 7.65. The van der Waals surface area contributed by atoms with E-state index >= 15 is 0 Å². The summed E-state index contributed by atoms with van der Waals surface area (Å²) in [6, 6.07) is 8.25. The molecule has 0 bridgehead atoms. The first-order chi connectivity index (χ1) is 9.09. The van der Waals surface area contributed by atoms with Crippen molar-refractivity contribution in [1.29, 1.82) is 0 Å². The SMILES string of the molecule is Cc1ccccc1NCCOc1c(C)nn(C)c1C. The maximum atomic E-state index is 5.80. The third-order valence-corrected chi connectivity index (χ3v) is 3.25. The molecule has 1 heterocycles. The van der Waals surface area contributed by atoms with Crippen LogP contribution in [0.4, 0.5) is 5.69 Å². The number of para-hydroxylation sites is 1. The van der Waals surface area contributed by atoms with Crippen LogP contribution in [0.3, 0.4) is 0 Å². The molecule has 0 aliphatic carbocycles. The van der Waals surface area contributed by atoms with Gasteiger partial charge in [-0.05, 0) is 32.4 Å². The van der Waals surface area contributed by atoms with E-state index in [0.717, 1.165) is 29.4 Å². The summed E-state index contributed by atoms with van der Waals surface area (Å²) in [6.07, 6.45) is 0. The van der Waals surface area contributed by atoms with Gasteiger partial charge in [-0.2, -0.15) is 5.10 Å². The van der Waals surface area contributed by atoms with Crippen LogP contribution in [0, 0.1) is 20.8 Å². The van der Waals surface area contributed by atoms with E-state index in [2.05, 4.69) is 29.5 Å². The Labute approximate surface area is 114 Å². The Morgan fingerprint density at radius 3 is 2.58 bits per heavy atom. The molecule has 102 valence electrons. The van der Waals surface area contributed by atoms with E-state index < -0.39 is 0 Å². The van der Waals surface area contributed by atoms with Crippen molar-refractivity contribution >= 4 is 5.69 Å². The number of benzene rings is 1. The molecule has 1 aromatic heterocycles. The minimum Gasteiger partial charge on any atom is -0.488 e. The van der Waals surface area contributed by atoms with Crippen molar-refractivity contribution in [2.45, 2.75) is 20.8 Å². The van der Waals surface area contributed by atoms with Crippen LogP contribution in [0.15, 0.2) is 24.3 Å². The Balaban J connectivity index is 1.86. The maximum absolute atomic E-state index is 5.80. The molecule has 0 saturated carbocycles. The number of aryl methyl sites for hydroxylation is 3. The normalized spacial score (nSPS) is 10.5. The molecule has 0 aliphatic heterocycles. The fourth-order valence-corrected chi connectivity index (χ4v) is 2.07. The molecule has 0 radical (unpaired) electrons. The van der Waals surface area contributed by atoms with Gasteiger partial charge in [0, 0.05) is 19.3 Å². The predicted molar refractivity (Wildman–Crippen MR) is 77.8 cm³/mol. The van der Waals surface area contributed by atoms with Crippen molar-refractivity contribution in [2.75, 3.05) is 18.5 Å². The summed E-state index contributed by atoms with van der Waals surface area (Å²) in [4.78, 5) is 0. The summed E-state index contributed by atoms with van der Waals surface area (Å²) in [7, 11) is 1.93. The molecule has 0 amide bonds. The highest BCUT2D eigenvalue weighted by Gasteiger charge is 2.09. The van der Waals surface area contributed by atoms with E-state index in [1.165, 1.54) is 5.56 Å². The minimum absolute atomic E-state index is 0.627. The molecule has 1 N–H and O–H groups in total. The highest BCUT2D eigenvalue weighted by atomic mass is 16.5. The van der Waals surface area contributed by atoms with Crippen LogP contribution in [0.25, 0.3) is 0 Å². The van der Waals surface area contributed by atoms with E-state index in [1.807, 2.05) is 37.7 Å². The molecule has 2 rings (SSSR count). The van der Waals surface area contributed by atoms with Crippen LogP contribution in [0.1, 0.15) is 17.0 Å². The van der Waals surface area contributed by atoms with E-state index in [-0.39, 0.29) is 0 Å². The van der Waals surface area contributed by atoms with Gasteiger partial charge in [0.25, 0.3) is 0 Å². The Bertz CT molecular complexity index is 561. The number of ether oxygens (including phenoxy) is 1. The second kappa shape index (κ2) is 5.78. The Kier molecular flexibility index (Phi) is 4.10. The second-order valence-electron chi connectivity index (χ2n) is 4.71. The molecule has 0 fully saturated rings. The lowest BCUT2D eigenvalue weighted by Crippen LogP contribution is -2.12. The highest BCUT2D eigenvalue weighted by molar-refractivity contribution is 5.50. The zero-order valence-corrected chi connectivity index (χ0v) is 12.0. The zero-order valence-electron chi connectivity index (χ0n) is 12.0. The van der Waals surface area contributed by atoms with Crippen molar-refractivity contribution in [2.24, 2.45) is 7.05 Å². The average Bonchev–Trinajstić information content (AvgIpc) is 2.62. The van der Waals surface area contributed by atoms with E-state index in [1.54, 1.807) is 0 Å². The van der Waals surface area contributed by atoms with Gasteiger partial charge in [-0.3, -0.25) is 4.68 Å². The van der Waals surface area contributed by atoms with Crippen LogP contribution < -0.4 is 10.1 Å². The van der Waals surface area contributed by atoms with Gasteiger partial charge in [-0.15, -0.1) is 0 Å². The lowest BCUT2D eigenvalue weighted by molar-refractivity contribution is 0.328. The Morgan fingerprint density at radius 1 is 1.21 bits per heavy atom. The average molecular weight is 259 g/mol. The highest BCUT2D eigenvalue weighted by Crippen LogP contribution is 2.21. The smallest absolute Gasteiger partial charge is 0.163 e. The molecular formula is C15H21N3O. The number of nitrogens with zero attached hydrogens (tertiary/aromatic N) is 2. The number of hydrogen-bond acceptors (Lipinski definition) is 3. The van der Waals surface area contributed by atoms with E-state index in [4.69, 9.17) is 4.74 Å². The molecule has 4 nitrogen and oxygen atoms in total. The minimum atomic E-state index is 0.627. The molecule has 0 spiro atoms. The lowest BCUT2D eigenvalue weighted by Gasteiger charge is -2.10. The summed E-state index contributed by atoms with van der Waals surface area (Å²) in [6.45, 7) is 7.49. The first-order valence-corrected chi connectivity index (χ1v) is 6.52. The second-order valence-corrected chi connectivity index (χ2v) is 4.71. The Hall–Kier alpha value is -1.97. The molecule has 1 aromatic carbocycles.